The zero-order valence-electron chi connectivity index (χ0n) is 22.7. The Morgan fingerprint density at radius 1 is 1.05 bits per heavy atom. The fraction of sp³-hybridized carbons (Fsp3) is 0.310. The highest BCUT2D eigenvalue weighted by molar-refractivity contribution is 6.03. The van der Waals surface area contributed by atoms with Crippen LogP contribution < -0.4 is 5.32 Å². The van der Waals surface area contributed by atoms with Crippen LogP contribution in [-0.2, 0) is 22.5 Å². The summed E-state index contributed by atoms with van der Waals surface area (Å²) < 4.78 is 7.22. The molecule has 1 amide bonds. The Kier molecular flexibility index (Phi) is 8.98. The maximum Gasteiger partial charge on any atom is 0.358 e. The lowest BCUT2D eigenvalue weighted by Gasteiger charge is -2.13. The van der Waals surface area contributed by atoms with Crippen molar-refractivity contribution in [1.82, 2.24) is 30.2 Å². The van der Waals surface area contributed by atoms with E-state index in [1.165, 1.54) is 6.08 Å². The number of tetrazole rings is 1. The van der Waals surface area contributed by atoms with Crippen LogP contribution in [0.15, 0.2) is 60.2 Å². The van der Waals surface area contributed by atoms with Gasteiger partial charge in [0.05, 0.1) is 6.61 Å². The maximum absolute atomic E-state index is 13.1. The summed E-state index contributed by atoms with van der Waals surface area (Å²) in [5.74, 6) is 0.602. The van der Waals surface area contributed by atoms with E-state index >= 15 is 0 Å². The summed E-state index contributed by atoms with van der Waals surface area (Å²) in [4.78, 5) is 30.3. The second kappa shape index (κ2) is 12.8. The van der Waals surface area contributed by atoms with Crippen molar-refractivity contribution in [2.45, 2.75) is 53.5 Å². The number of ether oxygens (including phenoxy) is 1. The van der Waals surface area contributed by atoms with Crippen LogP contribution >= 0.6 is 0 Å². The molecule has 0 saturated heterocycles. The number of aromatic amines is 1. The van der Waals surface area contributed by atoms with Gasteiger partial charge in [0.1, 0.15) is 5.82 Å². The Morgan fingerprint density at radius 2 is 1.79 bits per heavy atom. The molecule has 0 atom stereocenters. The van der Waals surface area contributed by atoms with Crippen molar-refractivity contribution in [3.63, 3.8) is 0 Å². The number of hydrogen-bond acceptors (Lipinski definition) is 7. The van der Waals surface area contributed by atoms with Crippen LogP contribution in [0.4, 0.5) is 5.82 Å². The number of benzene rings is 2. The summed E-state index contributed by atoms with van der Waals surface area (Å²) in [6, 6.07) is 16.0. The van der Waals surface area contributed by atoms with Crippen molar-refractivity contribution in [3.8, 4) is 22.5 Å². The van der Waals surface area contributed by atoms with Gasteiger partial charge in [-0.2, -0.15) is 5.21 Å². The first kappa shape index (κ1) is 27.4. The number of carbonyl (C=O) groups excluding carboxylic acids is 2. The molecular weight excluding hydrogens is 494 g/mol. The summed E-state index contributed by atoms with van der Waals surface area (Å²) in [6.07, 6.45) is 4.00. The predicted octanol–water partition coefficient (Wildman–Crippen LogP) is 5.20. The van der Waals surface area contributed by atoms with E-state index in [0.29, 0.717) is 18.8 Å². The predicted molar refractivity (Wildman–Crippen MR) is 149 cm³/mol. The number of esters is 1. The van der Waals surface area contributed by atoms with Crippen molar-refractivity contribution in [2.24, 2.45) is 0 Å². The van der Waals surface area contributed by atoms with Crippen molar-refractivity contribution >= 4 is 17.7 Å². The minimum atomic E-state index is -0.522. The van der Waals surface area contributed by atoms with Crippen molar-refractivity contribution < 1.29 is 14.3 Å². The van der Waals surface area contributed by atoms with Gasteiger partial charge in [-0.1, -0.05) is 67.4 Å². The molecule has 2 N–H and O–H groups in total. The summed E-state index contributed by atoms with van der Waals surface area (Å²) >= 11 is 0. The Balaban J connectivity index is 1.70. The first-order valence-corrected chi connectivity index (χ1v) is 13.1. The largest absolute Gasteiger partial charge is 0.461 e. The average Bonchev–Trinajstić information content (AvgIpc) is 3.56. The number of amides is 1. The van der Waals surface area contributed by atoms with Gasteiger partial charge in [-0.25, -0.2) is 9.78 Å². The fourth-order valence-electron chi connectivity index (χ4n) is 4.28. The van der Waals surface area contributed by atoms with E-state index in [0.717, 1.165) is 46.5 Å². The molecule has 4 rings (SSSR count). The van der Waals surface area contributed by atoms with Gasteiger partial charge in [0, 0.05) is 24.6 Å². The average molecular weight is 528 g/mol. The van der Waals surface area contributed by atoms with Crippen LogP contribution in [0, 0.1) is 0 Å². The molecule has 0 aliphatic heterocycles. The first-order chi connectivity index (χ1) is 18.9. The molecule has 10 nitrogen and oxygen atoms in total. The second-order valence-electron chi connectivity index (χ2n) is 9.32. The summed E-state index contributed by atoms with van der Waals surface area (Å²) in [6.45, 7) is 8.13. The van der Waals surface area contributed by atoms with Crippen LogP contribution in [0.2, 0.25) is 0 Å². The van der Waals surface area contributed by atoms with Gasteiger partial charge in [0.2, 0.25) is 11.7 Å². The number of imidazole rings is 1. The SMILES string of the molecule is CCCCc1nc(NC(=O)C=C(C)C)c(C(=O)OCC)n1Cc1ccc(-c2ccccc2-c2nn[nH]n2)cc1. The van der Waals surface area contributed by atoms with E-state index in [1.807, 2.05) is 66.9 Å². The third-order valence-electron chi connectivity index (χ3n) is 6.05. The van der Waals surface area contributed by atoms with E-state index in [-0.39, 0.29) is 24.0 Å². The third kappa shape index (κ3) is 6.64. The Labute approximate surface area is 227 Å². The van der Waals surface area contributed by atoms with E-state index < -0.39 is 5.97 Å². The number of aryl methyl sites for hydroxylation is 1. The maximum atomic E-state index is 13.1. The van der Waals surface area contributed by atoms with Gasteiger partial charge in [-0.05, 0) is 49.1 Å². The number of aromatic nitrogens is 6. The number of carbonyl (C=O) groups is 2. The second-order valence-corrected chi connectivity index (χ2v) is 9.32. The van der Waals surface area contributed by atoms with Gasteiger partial charge < -0.3 is 14.6 Å². The molecule has 0 spiro atoms. The van der Waals surface area contributed by atoms with Gasteiger partial charge >= 0.3 is 5.97 Å². The van der Waals surface area contributed by atoms with Crippen LogP contribution in [0.1, 0.15) is 62.4 Å². The summed E-state index contributed by atoms with van der Waals surface area (Å²) in [7, 11) is 0. The van der Waals surface area contributed by atoms with E-state index in [9.17, 15) is 9.59 Å². The fourth-order valence-corrected chi connectivity index (χ4v) is 4.28. The molecule has 10 heteroatoms. The zero-order valence-corrected chi connectivity index (χ0v) is 22.7. The lowest BCUT2D eigenvalue weighted by molar-refractivity contribution is -0.112. The van der Waals surface area contributed by atoms with E-state index in [1.54, 1.807) is 6.92 Å². The van der Waals surface area contributed by atoms with Crippen molar-refractivity contribution in [2.75, 3.05) is 11.9 Å². The topological polar surface area (TPSA) is 128 Å². The molecule has 2 heterocycles. The smallest absolute Gasteiger partial charge is 0.358 e. The standard InChI is InChI=1S/C29H33N7O3/c1-5-7-12-24-30-28(31-25(37)17-19(3)4)26(29(38)39-6-2)36(24)18-20-13-15-21(16-14-20)22-10-8-9-11-23(22)27-32-34-35-33-27/h8-11,13-17H,5-7,12,18H2,1-4H3,(H,31,37)(H,32,33,34,35). The van der Waals surface area contributed by atoms with E-state index in [2.05, 4.69) is 37.8 Å². The molecule has 0 aliphatic rings. The molecule has 0 fully saturated rings. The minimum absolute atomic E-state index is 0.212. The number of allylic oxidation sites excluding steroid dienone is 1. The highest BCUT2D eigenvalue weighted by Gasteiger charge is 2.25. The van der Waals surface area contributed by atoms with Crippen molar-refractivity contribution in [1.29, 1.82) is 0 Å². The van der Waals surface area contributed by atoms with Gasteiger partial charge in [-0.15, -0.1) is 10.2 Å². The summed E-state index contributed by atoms with van der Waals surface area (Å²) in [5.41, 5.74) is 4.90. The number of unbranched alkanes of at least 4 members (excludes halogenated alkanes) is 1. The lowest BCUT2D eigenvalue weighted by atomic mass is 9.98. The van der Waals surface area contributed by atoms with Gasteiger partial charge in [-0.3, -0.25) is 4.79 Å². The zero-order chi connectivity index (χ0) is 27.8. The van der Waals surface area contributed by atoms with E-state index in [4.69, 9.17) is 4.74 Å². The quantitative estimate of drug-likeness (QED) is 0.203. The molecule has 202 valence electrons. The molecule has 4 aromatic rings. The normalized spacial score (nSPS) is 10.8. The number of nitrogens with zero attached hydrogens (tertiary/aromatic N) is 5. The molecule has 0 saturated carbocycles. The lowest BCUT2D eigenvalue weighted by Crippen LogP contribution is -2.18. The number of rotatable bonds is 11. The highest BCUT2D eigenvalue weighted by Crippen LogP contribution is 2.30. The highest BCUT2D eigenvalue weighted by atomic mass is 16.5. The Hall–Kier alpha value is -4.60. The minimum Gasteiger partial charge on any atom is -0.461 e. The van der Waals surface area contributed by atoms with Gasteiger partial charge in [0.15, 0.2) is 11.5 Å². The summed E-state index contributed by atoms with van der Waals surface area (Å²) in [5, 5.41) is 17.2. The number of nitrogens with one attached hydrogen (secondary N) is 2. The molecule has 39 heavy (non-hydrogen) atoms. The van der Waals surface area contributed by atoms with Gasteiger partial charge in [0.25, 0.3) is 0 Å². The number of H-pyrrole nitrogens is 1. The van der Waals surface area contributed by atoms with Crippen LogP contribution in [0.25, 0.3) is 22.5 Å². The third-order valence-corrected chi connectivity index (χ3v) is 6.05. The Morgan fingerprint density at radius 3 is 2.44 bits per heavy atom. The van der Waals surface area contributed by atoms with Crippen LogP contribution in [0.3, 0.4) is 0 Å². The van der Waals surface area contributed by atoms with Crippen LogP contribution in [0.5, 0.6) is 0 Å². The monoisotopic (exact) mass is 527 g/mol. The molecule has 2 aromatic heterocycles. The Bertz CT molecular complexity index is 1450. The molecule has 0 unspecified atom stereocenters. The molecule has 0 aliphatic carbocycles. The molecular formula is C29H33N7O3. The first-order valence-electron chi connectivity index (χ1n) is 13.1. The number of hydrogen-bond donors (Lipinski definition) is 2. The van der Waals surface area contributed by atoms with Crippen LogP contribution in [-0.4, -0.2) is 48.7 Å². The molecule has 0 bridgehead atoms. The number of anilines is 1. The molecule has 2 aromatic carbocycles. The van der Waals surface area contributed by atoms with Crippen molar-refractivity contribution in [3.05, 3.63) is 77.3 Å². The molecule has 0 radical (unpaired) electrons.